The number of carbonyl (C=O) groups excluding carboxylic acids is 2. The Hall–Kier alpha value is -3.07. The molecule has 8 nitrogen and oxygen atoms in total. The maximum atomic E-state index is 13.4. The first-order valence-electron chi connectivity index (χ1n) is 11.1. The minimum absolute atomic E-state index is 0.118. The van der Waals surface area contributed by atoms with Crippen molar-refractivity contribution in [3.8, 4) is 5.69 Å². The van der Waals surface area contributed by atoms with Crippen molar-refractivity contribution in [2.75, 3.05) is 19.6 Å². The molecule has 1 fully saturated rings. The number of hydrogen-bond donors (Lipinski definition) is 2. The van der Waals surface area contributed by atoms with Gasteiger partial charge in [0.2, 0.25) is 5.91 Å². The number of nitrogens with one attached hydrogen (secondary N) is 1. The first kappa shape index (κ1) is 23.1. The van der Waals surface area contributed by atoms with Crippen LogP contribution in [0.2, 0.25) is 5.02 Å². The number of rotatable bonds is 8. The van der Waals surface area contributed by atoms with E-state index < -0.39 is 0 Å². The van der Waals surface area contributed by atoms with Gasteiger partial charge >= 0.3 is 0 Å². The maximum Gasteiger partial charge on any atom is 0.234 e. The Morgan fingerprint density at radius 2 is 1.73 bits per heavy atom. The Bertz CT molecular complexity index is 1130. The van der Waals surface area contributed by atoms with Crippen LogP contribution in [0.1, 0.15) is 46.8 Å². The smallest absolute Gasteiger partial charge is 0.234 e. The SMILES string of the molecule is NCC(=O)NCc1nnc(CN2CCCCC2)n1-c1ccc(Cl)cc1C(=O)c1ccccc1. The predicted molar refractivity (Wildman–Crippen MR) is 126 cm³/mol. The van der Waals surface area contributed by atoms with Crippen molar-refractivity contribution in [3.63, 3.8) is 0 Å². The van der Waals surface area contributed by atoms with Crippen molar-refractivity contribution in [3.05, 3.63) is 76.3 Å². The molecule has 3 N–H and O–H groups in total. The number of piperidine rings is 1. The summed E-state index contributed by atoms with van der Waals surface area (Å²) in [6.07, 6.45) is 3.52. The second-order valence-corrected chi connectivity index (χ2v) is 8.48. The number of carbonyl (C=O) groups is 2. The highest BCUT2D eigenvalue weighted by atomic mass is 35.5. The summed E-state index contributed by atoms with van der Waals surface area (Å²) in [6, 6.07) is 14.3. The average molecular weight is 467 g/mol. The number of hydrogen-bond acceptors (Lipinski definition) is 6. The monoisotopic (exact) mass is 466 g/mol. The molecule has 4 rings (SSSR count). The van der Waals surface area contributed by atoms with Crippen LogP contribution in [0, 0.1) is 0 Å². The predicted octanol–water partition coefficient (Wildman–Crippen LogP) is 2.71. The van der Waals surface area contributed by atoms with Crippen LogP contribution in [0.5, 0.6) is 0 Å². The second kappa shape index (κ2) is 10.7. The van der Waals surface area contributed by atoms with Crippen LogP contribution in [0.3, 0.4) is 0 Å². The standard InChI is InChI=1S/C24H27ClN6O2/c25-18-9-10-20(19(13-18)24(33)17-7-3-1-4-8-17)31-21(15-27-23(32)14-26)28-29-22(31)16-30-11-5-2-6-12-30/h1,3-4,7-10,13H,2,5-6,11-12,14-16,26H2,(H,27,32). The molecule has 0 aliphatic carbocycles. The molecule has 0 unspecified atom stereocenters. The zero-order valence-corrected chi connectivity index (χ0v) is 19.1. The third-order valence-corrected chi connectivity index (χ3v) is 5.96. The highest BCUT2D eigenvalue weighted by Gasteiger charge is 2.23. The van der Waals surface area contributed by atoms with E-state index in [-0.39, 0.29) is 24.8 Å². The first-order valence-corrected chi connectivity index (χ1v) is 11.5. The van der Waals surface area contributed by atoms with Crippen LogP contribution in [0.25, 0.3) is 5.69 Å². The van der Waals surface area contributed by atoms with Gasteiger partial charge in [0.1, 0.15) is 0 Å². The van der Waals surface area contributed by atoms with Crippen molar-refractivity contribution in [2.24, 2.45) is 5.73 Å². The van der Waals surface area contributed by atoms with Gasteiger partial charge in [-0.25, -0.2) is 0 Å². The molecule has 0 saturated carbocycles. The Morgan fingerprint density at radius 1 is 1.00 bits per heavy atom. The van der Waals surface area contributed by atoms with Crippen LogP contribution in [0.15, 0.2) is 48.5 Å². The van der Waals surface area contributed by atoms with Crippen molar-refractivity contribution >= 4 is 23.3 Å². The number of benzene rings is 2. The van der Waals surface area contributed by atoms with Gasteiger partial charge in [-0.3, -0.25) is 19.1 Å². The van der Waals surface area contributed by atoms with Crippen LogP contribution in [-0.4, -0.2) is 51.0 Å². The minimum Gasteiger partial charge on any atom is -0.348 e. The Labute approximate surface area is 197 Å². The fourth-order valence-electron chi connectivity index (χ4n) is 4.05. The van der Waals surface area contributed by atoms with Crippen LogP contribution >= 0.6 is 11.6 Å². The number of nitrogens with zero attached hydrogens (tertiary/aromatic N) is 4. The molecule has 0 atom stereocenters. The number of halogens is 1. The topological polar surface area (TPSA) is 106 Å². The summed E-state index contributed by atoms with van der Waals surface area (Å²) in [4.78, 5) is 27.6. The van der Waals surface area contributed by atoms with Gasteiger partial charge < -0.3 is 11.1 Å². The lowest BCUT2D eigenvalue weighted by atomic mass is 10.0. The molecular formula is C24H27ClN6O2. The average Bonchev–Trinajstić information content (AvgIpc) is 3.25. The fourth-order valence-corrected chi connectivity index (χ4v) is 4.22. The third-order valence-electron chi connectivity index (χ3n) is 5.72. The molecule has 1 amide bonds. The van der Waals surface area contributed by atoms with E-state index in [2.05, 4.69) is 20.4 Å². The van der Waals surface area contributed by atoms with Crippen LogP contribution in [-0.2, 0) is 17.9 Å². The molecule has 1 aliphatic rings. The van der Waals surface area contributed by atoms with Gasteiger partial charge in [0.25, 0.3) is 0 Å². The lowest BCUT2D eigenvalue weighted by Crippen LogP contribution is -2.32. The largest absolute Gasteiger partial charge is 0.348 e. The summed E-state index contributed by atoms with van der Waals surface area (Å²) in [5.74, 6) is 0.785. The summed E-state index contributed by atoms with van der Waals surface area (Å²) in [5, 5.41) is 12.0. The van der Waals surface area contributed by atoms with E-state index in [0.29, 0.717) is 40.0 Å². The van der Waals surface area contributed by atoms with Gasteiger partial charge in [0, 0.05) is 16.1 Å². The number of nitrogens with two attached hydrogens (primary N) is 1. The molecule has 1 saturated heterocycles. The first-order chi connectivity index (χ1) is 16.1. The zero-order chi connectivity index (χ0) is 23.2. The number of likely N-dealkylation sites (tertiary alicyclic amines) is 1. The van der Waals surface area contributed by atoms with E-state index in [1.807, 2.05) is 22.8 Å². The molecule has 2 heterocycles. The molecule has 1 aromatic heterocycles. The van der Waals surface area contributed by atoms with E-state index in [1.54, 1.807) is 30.3 Å². The summed E-state index contributed by atoms with van der Waals surface area (Å²) in [6.45, 7) is 2.60. The van der Waals surface area contributed by atoms with Crippen LogP contribution in [0.4, 0.5) is 0 Å². The van der Waals surface area contributed by atoms with E-state index in [4.69, 9.17) is 17.3 Å². The normalized spacial score (nSPS) is 14.2. The van der Waals surface area contributed by atoms with E-state index in [9.17, 15) is 9.59 Å². The zero-order valence-electron chi connectivity index (χ0n) is 18.3. The van der Waals surface area contributed by atoms with Gasteiger partial charge in [-0.05, 0) is 44.1 Å². The summed E-state index contributed by atoms with van der Waals surface area (Å²) in [5.41, 5.74) is 7.07. The molecule has 172 valence electrons. The molecule has 1 aliphatic heterocycles. The highest BCUT2D eigenvalue weighted by Crippen LogP contribution is 2.26. The Morgan fingerprint density at radius 3 is 2.45 bits per heavy atom. The van der Waals surface area contributed by atoms with Crippen molar-refractivity contribution < 1.29 is 9.59 Å². The molecular weight excluding hydrogens is 440 g/mol. The van der Waals surface area contributed by atoms with Gasteiger partial charge in [0.05, 0.1) is 25.3 Å². The molecule has 0 radical (unpaired) electrons. The van der Waals surface area contributed by atoms with Gasteiger partial charge in [-0.1, -0.05) is 48.4 Å². The molecule has 3 aromatic rings. The highest BCUT2D eigenvalue weighted by molar-refractivity contribution is 6.31. The fraction of sp³-hybridized carbons (Fsp3) is 0.333. The lowest BCUT2D eigenvalue weighted by Gasteiger charge is -2.26. The Balaban J connectivity index is 1.78. The van der Waals surface area contributed by atoms with Gasteiger partial charge in [-0.2, -0.15) is 0 Å². The van der Waals surface area contributed by atoms with Crippen LogP contribution < -0.4 is 11.1 Å². The molecule has 0 bridgehead atoms. The minimum atomic E-state index is -0.293. The third kappa shape index (κ3) is 5.47. The lowest BCUT2D eigenvalue weighted by molar-refractivity contribution is -0.119. The second-order valence-electron chi connectivity index (χ2n) is 8.04. The van der Waals surface area contributed by atoms with E-state index in [1.165, 1.54) is 6.42 Å². The van der Waals surface area contributed by atoms with E-state index in [0.717, 1.165) is 25.9 Å². The summed E-state index contributed by atoms with van der Waals surface area (Å²) < 4.78 is 1.86. The molecule has 9 heteroatoms. The summed E-state index contributed by atoms with van der Waals surface area (Å²) in [7, 11) is 0. The van der Waals surface area contributed by atoms with Crippen molar-refractivity contribution in [1.82, 2.24) is 25.0 Å². The maximum absolute atomic E-state index is 13.4. The van der Waals surface area contributed by atoms with Gasteiger partial charge in [-0.15, -0.1) is 10.2 Å². The number of amides is 1. The van der Waals surface area contributed by atoms with E-state index >= 15 is 0 Å². The molecule has 33 heavy (non-hydrogen) atoms. The number of aromatic nitrogens is 3. The quantitative estimate of drug-likeness (QED) is 0.494. The number of ketones is 1. The van der Waals surface area contributed by atoms with Crippen molar-refractivity contribution in [1.29, 1.82) is 0 Å². The van der Waals surface area contributed by atoms with Gasteiger partial charge in [0.15, 0.2) is 17.4 Å². The van der Waals surface area contributed by atoms with Crippen molar-refractivity contribution in [2.45, 2.75) is 32.4 Å². The molecule has 0 spiro atoms. The molecule has 2 aromatic carbocycles. The Kier molecular flexibility index (Phi) is 7.49. The summed E-state index contributed by atoms with van der Waals surface area (Å²) >= 11 is 6.29.